The summed E-state index contributed by atoms with van der Waals surface area (Å²) in [6.45, 7) is 2.49. The monoisotopic (exact) mass is 443 g/mol. The number of carbonyl (C=O) groups excluding carboxylic acids is 1. The van der Waals surface area contributed by atoms with Gasteiger partial charge in [-0.05, 0) is 48.9 Å². The zero-order valence-electron chi connectivity index (χ0n) is 16.5. The van der Waals surface area contributed by atoms with Crippen molar-refractivity contribution in [3.63, 3.8) is 0 Å². The first-order valence-electron chi connectivity index (χ1n) is 9.47. The highest BCUT2D eigenvalue weighted by Gasteiger charge is 2.34. The zero-order valence-corrected chi connectivity index (χ0v) is 18.2. The quantitative estimate of drug-likeness (QED) is 0.608. The third kappa shape index (κ3) is 3.68. The topological polar surface area (TPSA) is 81.7 Å². The number of amides is 1. The molecule has 6 nitrogen and oxygen atoms in total. The highest BCUT2D eigenvalue weighted by Crippen LogP contribution is 2.46. The second kappa shape index (κ2) is 8.12. The molecule has 0 saturated carbocycles. The van der Waals surface area contributed by atoms with E-state index in [0.29, 0.717) is 18.0 Å². The highest BCUT2D eigenvalue weighted by molar-refractivity contribution is 7.91. The van der Waals surface area contributed by atoms with Gasteiger partial charge in [0.15, 0.2) is 0 Å². The highest BCUT2D eigenvalue weighted by atomic mass is 32.2. The lowest BCUT2D eigenvalue weighted by Gasteiger charge is -2.24. The van der Waals surface area contributed by atoms with Gasteiger partial charge in [0.2, 0.25) is 15.7 Å². The number of benzene rings is 2. The maximum atomic E-state index is 13.2. The molecule has 1 N–H and O–H groups in total. The first kappa shape index (κ1) is 20.4. The van der Waals surface area contributed by atoms with Gasteiger partial charge in [-0.1, -0.05) is 12.1 Å². The Hall–Kier alpha value is -2.84. The van der Waals surface area contributed by atoms with Crippen molar-refractivity contribution >= 4 is 32.8 Å². The molecular weight excluding hydrogens is 422 g/mol. The third-order valence-corrected chi connectivity index (χ3v) is 8.05. The largest absolute Gasteiger partial charge is 0.497 e. The number of nitrogens with one attached hydrogen (secondary N) is 1. The molecule has 1 aliphatic heterocycles. The van der Waals surface area contributed by atoms with E-state index >= 15 is 0 Å². The number of ether oxygens (including phenoxy) is 2. The number of hydrogen-bond donors (Lipinski definition) is 1. The molecule has 0 radical (unpaired) electrons. The molecule has 2 aromatic carbocycles. The molecule has 1 amide bonds. The summed E-state index contributed by atoms with van der Waals surface area (Å²) in [6.07, 6.45) is 0.267. The molecule has 0 unspecified atom stereocenters. The minimum absolute atomic E-state index is 0.122. The van der Waals surface area contributed by atoms with E-state index in [4.69, 9.17) is 9.47 Å². The number of carbonyl (C=O) groups is 1. The molecule has 0 spiro atoms. The average Bonchev–Trinajstić information content (AvgIpc) is 3.18. The Morgan fingerprint density at radius 3 is 2.37 bits per heavy atom. The number of fused-ring (bicyclic) bond motifs is 1. The van der Waals surface area contributed by atoms with Crippen LogP contribution in [0.4, 0.5) is 5.69 Å². The summed E-state index contributed by atoms with van der Waals surface area (Å²) in [5, 5.41) is 4.39. The van der Waals surface area contributed by atoms with E-state index in [1.54, 1.807) is 17.5 Å². The van der Waals surface area contributed by atoms with Crippen LogP contribution < -0.4 is 14.8 Å². The summed E-state index contributed by atoms with van der Waals surface area (Å²) < 4.78 is 37.1. The summed E-state index contributed by atoms with van der Waals surface area (Å²) in [6, 6.07) is 13.8. The zero-order chi connectivity index (χ0) is 21.3. The number of methoxy groups -OCH3 is 1. The maximum Gasteiger partial charge on any atom is 0.225 e. The summed E-state index contributed by atoms with van der Waals surface area (Å²) in [4.78, 5) is 13.5. The Morgan fingerprint density at radius 2 is 1.73 bits per heavy atom. The normalized spacial score (nSPS) is 15.9. The van der Waals surface area contributed by atoms with Crippen LogP contribution in [0.1, 0.15) is 29.7 Å². The van der Waals surface area contributed by atoms with Crippen molar-refractivity contribution in [2.75, 3.05) is 19.0 Å². The molecular formula is C22H21NO5S2. The van der Waals surface area contributed by atoms with Crippen LogP contribution in [0.15, 0.2) is 63.7 Å². The number of rotatable bonds is 6. The van der Waals surface area contributed by atoms with Gasteiger partial charge >= 0.3 is 0 Å². The fourth-order valence-corrected chi connectivity index (χ4v) is 6.42. The van der Waals surface area contributed by atoms with Crippen molar-refractivity contribution < 1.29 is 22.7 Å². The molecule has 0 fully saturated rings. The van der Waals surface area contributed by atoms with Gasteiger partial charge in [-0.25, -0.2) is 8.42 Å². The molecule has 8 heteroatoms. The Morgan fingerprint density at radius 1 is 1.07 bits per heavy atom. The Balaban J connectivity index is 1.73. The number of hydrogen-bond acceptors (Lipinski definition) is 6. The van der Waals surface area contributed by atoms with E-state index in [1.165, 1.54) is 30.6 Å². The minimum atomic E-state index is -3.79. The van der Waals surface area contributed by atoms with Crippen LogP contribution in [-0.2, 0) is 14.6 Å². The van der Waals surface area contributed by atoms with Crippen LogP contribution in [0.25, 0.3) is 0 Å². The summed E-state index contributed by atoms with van der Waals surface area (Å²) in [5.74, 6) is 0.932. The number of anilines is 1. The van der Waals surface area contributed by atoms with Crippen molar-refractivity contribution in [3.05, 3.63) is 64.4 Å². The van der Waals surface area contributed by atoms with E-state index in [-0.39, 0.29) is 28.0 Å². The van der Waals surface area contributed by atoms with Crippen LogP contribution >= 0.6 is 11.3 Å². The Kier molecular flexibility index (Phi) is 5.53. The summed E-state index contributed by atoms with van der Waals surface area (Å²) in [7, 11) is -2.26. The maximum absolute atomic E-state index is 13.2. The minimum Gasteiger partial charge on any atom is -0.497 e. The molecule has 2 heterocycles. The van der Waals surface area contributed by atoms with Gasteiger partial charge in [-0.2, -0.15) is 0 Å². The van der Waals surface area contributed by atoms with Gasteiger partial charge < -0.3 is 14.8 Å². The molecule has 30 heavy (non-hydrogen) atoms. The van der Waals surface area contributed by atoms with Crippen LogP contribution in [0.3, 0.4) is 0 Å². The molecule has 156 valence electrons. The second-order valence-corrected chi connectivity index (χ2v) is 9.65. The lowest BCUT2D eigenvalue weighted by atomic mass is 9.90. The van der Waals surface area contributed by atoms with Crippen molar-refractivity contribution in [2.24, 2.45) is 0 Å². The number of sulfone groups is 1. The lowest BCUT2D eigenvalue weighted by Crippen LogP contribution is -2.23. The fraction of sp³-hybridized carbons (Fsp3) is 0.227. The van der Waals surface area contributed by atoms with Crippen LogP contribution in [0.2, 0.25) is 0 Å². The van der Waals surface area contributed by atoms with Gasteiger partial charge in [0.1, 0.15) is 16.4 Å². The predicted molar refractivity (Wildman–Crippen MR) is 115 cm³/mol. The molecule has 1 atom stereocenters. The molecule has 0 aliphatic carbocycles. The number of thiophene rings is 1. The first-order chi connectivity index (χ1) is 14.4. The molecule has 4 rings (SSSR count). The van der Waals surface area contributed by atoms with Gasteiger partial charge in [-0.3, -0.25) is 4.79 Å². The Labute approximate surface area is 179 Å². The Bertz CT molecular complexity index is 1170. The lowest BCUT2D eigenvalue weighted by molar-refractivity contribution is -0.116. The van der Waals surface area contributed by atoms with Crippen molar-refractivity contribution in [1.82, 2.24) is 0 Å². The first-order valence-corrected chi connectivity index (χ1v) is 11.8. The molecule has 1 aromatic heterocycles. The van der Waals surface area contributed by atoms with Crippen LogP contribution in [-0.4, -0.2) is 28.0 Å². The third-order valence-electron chi connectivity index (χ3n) is 5.01. The van der Waals surface area contributed by atoms with Gasteiger partial charge in [0.25, 0.3) is 0 Å². The van der Waals surface area contributed by atoms with Crippen molar-refractivity contribution in [3.8, 4) is 11.5 Å². The fourth-order valence-electron chi connectivity index (χ4n) is 3.52. The van der Waals surface area contributed by atoms with Crippen molar-refractivity contribution in [2.45, 2.75) is 29.1 Å². The molecule has 0 bridgehead atoms. The van der Waals surface area contributed by atoms with E-state index in [2.05, 4.69) is 5.32 Å². The molecule has 1 aliphatic rings. The van der Waals surface area contributed by atoms with E-state index < -0.39 is 9.84 Å². The van der Waals surface area contributed by atoms with E-state index in [9.17, 15) is 13.2 Å². The second-order valence-electron chi connectivity index (χ2n) is 6.83. The van der Waals surface area contributed by atoms with Crippen molar-refractivity contribution in [1.29, 1.82) is 0 Å². The van der Waals surface area contributed by atoms with Crippen LogP contribution in [0, 0.1) is 0 Å². The smallest absolute Gasteiger partial charge is 0.225 e. The van der Waals surface area contributed by atoms with Gasteiger partial charge in [0.05, 0.1) is 24.3 Å². The van der Waals surface area contributed by atoms with Crippen LogP contribution in [0.5, 0.6) is 11.5 Å². The summed E-state index contributed by atoms with van der Waals surface area (Å²) >= 11 is 1.35. The van der Waals surface area contributed by atoms with Gasteiger partial charge in [-0.15, -0.1) is 11.3 Å². The molecule has 3 aromatic rings. The van der Waals surface area contributed by atoms with Gasteiger partial charge in [0, 0.05) is 22.6 Å². The SMILES string of the molecule is CCOc1ccc([C@H]2CC(=O)Nc3c(S(=O)(=O)c4ccc(OC)cc4)csc32)cc1. The predicted octanol–water partition coefficient (Wildman–Crippen LogP) is 4.46. The summed E-state index contributed by atoms with van der Waals surface area (Å²) in [5.41, 5.74) is 1.33. The van der Waals surface area contributed by atoms with E-state index in [0.717, 1.165) is 16.2 Å². The average molecular weight is 444 g/mol. The molecule has 0 saturated heterocycles. The standard InChI is InChI=1S/C22H21NO5S2/c1-3-28-16-6-4-14(5-7-16)18-12-20(24)23-21-19(13-29-22(18)21)30(25,26)17-10-8-15(27-2)9-11-17/h4-11,13,18H,3,12H2,1-2H3,(H,23,24)/t18-/m1/s1. The van der Waals surface area contributed by atoms with E-state index in [1.807, 2.05) is 31.2 Å².